The Morgan fingerprint density at radius 1 is 1.31 bits per heavy atom. The van der Waals surface area contributed by atoms with E-state index < -0.39 is 5.91 Å². The summed E-state index contributed by atoms with van der Waals surface area (Å²) in [7, 11) is 3.10. The number of hydrogen-bond donors (Lipinski definition) is 2. The first-order valence-corrected chi connectivity index (χ1v) is 9.52. The summed E-state index contributed by atoms with van der Waals surface area (Å²) in [4.78, 5) is 37.3. The molecule has 0 rings (SSSR count). The van der Waals surface area contributed by atoms with Crippen molar-refractivity contribution < 1.29 is 19.1 Å². The van der Waals surface area contributed by atoms with Gasteiger partial charge in [-0.25, -0.2) is 0 Å². The number of hydrogen-bond acceptors (Lipinski definition) is 6. The monoisotopic (exact) mass is 385 g/mol. The minimum Gasteiger partial charge on any atom is -0.465 e. The minimum atomic E-state index is -0.406. The first-order chi connectivity index (χ1) is 12.1. The van der Waals surface area contributed by atoms with E-state index in [1.807, 2.05) is 19.9 Å². The van der Waals surface area contributed by atoms with Crippen LogP contribution in [0.25, 0.3) is 0 Å². The van der Waals surface area contributed by atoms with Gasteiger partial charge in [-0.1, -0.05) is 13.0 Å². The van der Waals surface area contributed by atoms with Crippen LogP contribution in [0.2, 0.25) is 0 Å². The molecule has 0 heterocycles. The van der Waals surface area contributed by atoms with Crippen molar-refractivity contribution in [2.24, 2.45) is 11.7 Å². The molecular weight excluding hydrogens is 354 g/mol. The molecule has 0 saturated heterocycles. The highest BCUT2D eigenvalue weighted by atomic mass is 32.2. The van der Waals surface area contributed by atoms with Crippen molar-refractivity contribution in [2.75, 3.05) is 26.5 Å². The molecule has 3 N–H and O–H groups in total. The van der Waals surface area contributed by atoms with E-state index in [4.69, 9.17) is 10.5 Å². The van der Waals surface area contributed by atoms with E-state index in [1.54, 1.807) is 14.0 Å². The van der Waals surface area contributed by atoms with Crippen molar-refractivity contribution in [1.82, 2.24) is 10.2 Å². The molecule has 7 nitrogen and oxygen atoms in total. The topological polar surface area (TPSA) is 102 Å². The molecule has 0 bridgehead atoms. The molecule has 0 fully saturated rings. The molecule has 0 aromatic carbocycles. The highest BCUT2D eigenvalue weighted by Crippen LogP contribution is 2.23. The van der Waals surface area contributed by atoms with E-state index in [1.165, 1.54) is 30.6 Å². The number of ether oxygens (including phenoxy) is 1. The third-order valence-electron chi connectivity index (χ3n) is 3.73. The van der Waals surface area contributed by atoms with Crippen LogP contribution in [0.1, 0.15) is 40.5 Å². The van der Waals surface area contributed by atoms with Crippen molar-refractivity contribution in [3.05, 3.63) is 22.4 Å². The van der Waals surface area contributed by atoms with Gasteiger partial charge in [-0.2, -0.15) is 0 Å². The quantitative estimate of drug-likeness (QED) is 0.440. The molecule has 2 amide bonds. The molecule has 8 heteroatoms. The number of carbonyl (C=O) groups excluding carboxylic acids is 3. The largest absolute Gasteiger partial charge is 0.465 e. The van der Waals surface area contributed by atoms with Gasteiger partial charge in [0.2, 0.25) is 5.91 Å². The zero-order chi connectivity index (χ0) is 20.3. The fourth-order valence-electron chi connectivity index (χ4n) is 2.10. The highest BCUT2D eigenvalue weighted by molar-refractivity contribution is 8.03. The Kier molecular flexibility index (Phi) is 11.5. The molecule has 0 aliphatic rings. The molecular formula is C18H31N3O4S. The van der Waals surface area contributed by atoms with Gasteiger partial charge in [0.15, 0.2) is 0 Å². The van der Waals surface area contributed by atoms with Gasteiger partial charge in [0, 0.05) is 26.7 Å². The number of nitrogens with two attached hydrogens (primary N) is 1. The zero-order valence-corrected chi connectivity index (χ0v) is 17.4. The summed E-state index contributed by atoms with van der Waals surface area (Å²) in [5.74, 6) is -0.377. The van der Waals surface area contributed by atoms with Gasteiger partial charge in [-0.05, 0) is 37.5 Å². The number of carbonyl (C=O) groups is 3. The molecule has 0 radical (unpaired) electrons. The molecule has 148 valence electrons. The van der Waals surface area contributed by atoms with Gasteiger partial charge >= 0.3 is 5.97 Å². The zero-order valence-electron chi connectivity index (χ0n) is 16.5. The second-order valence-electron chi connectivity index (χ2n) is 5.97. The first-order valence-electron chi connectivity index (χ1n) is 8.54. The van der Waals surface area contributed by atoms with E-state index in [9.17, 15) is 14.4 Å². The Labute approximate surface area is 160 Å². The highest BCUT2D eigenvalue weighted by Gasteiger charge is 2.19. The number of rotatable bonds is 10. The smallest absolute Gasteiger partial charge is 0.316 e. The molecule has 0 aliphatic carbocycles. The Morgan fingerprint density at radius 2 is 1.92 bits per heavy atom. The van der Waals surface area contributed by atoms with E-state index in [-0.39, 0.29) is 29.2 Å². The van der Waals surface area contributed by atoms with Crippen LogP contribution in [0, 0.1) is 5.92 Å². The molecule has 0 saturated carbocycles. The van der Waals surface area contributed by atoms with E-state index in [2.05, 4.69) is 5.32 Å². The van der Waals surface area contributed by atoms with Crippen molar-refractivity contribution in [1.29, 1.82) is 0 Å². The number of nitrogens with one attached hydrogen (secondary N) is 1. The standard InChI is InChI=1S/C18H31N3O4S/c1-7-25-16(23)11-26-13(3)9-8-12(2)10-15(21(6)14(4)22)17(19)18(24)20-5/h9,12H,7-8,10-11,19H2,1-6H3,(H,20,24)/b13-9-,17-15+. The Hall–Kier alpha value is -1.96. The van der Waals surface area contributed by atoms with Crippen molar-refractivity contribution in [2.45, 2.75) is 40.5 Å². The predicted octanol–water partition coefficient (Wildman–Crippen LogP) is 2.00. The maximum absolute atomic E-state index is 11.8. The average Bonchev–Trinajstić information content (AvgIpc) is 2.60. The number of likely N-dealkylation sites (N-methyl/N-ethyl adjacent to an activating group) is 1. The summed E-state index contributed by atoms with van der Waals surface area (Å²) in [6.07, 6.45) is 3.26. The first kappa shape index (κ1) is 24.0. The van der Waals surface area contributed by atoms with Crippen LogP contribution < -0.4 is 11.1 Å². The lowest BCUT2D eigenvalue weighted by atomic mass is 9.99. The van der Waals surface area contributed by atoms with Gasteiger partial charge < -0.3 is 20.7 Å². The number of amides is 2. The number of allylic oxidation sites excluding steroid dienone is 3. The van der Waals surface area contributed by atoms with Gasteiger partial charge in [0.25, 0.3) is 5.91 Å². The number of nitrogens with zero attached hydrogens (tertiary/aromatic N) is 1. The lowest BCUT2D eigenvalue weighted by Gasteiger charge is -2.23. The molecule has 26 heavy (non-hydrogen) atoms. The number of esters is 1. The van der Waals surface area contributed by atoms with Crippen LogP contribution in [-0.2, 0) is 19.1 Å². The minimum absolute atomic E-state index is 0.0504. The van der Waals surface area contributed by atoms with Crippen LogP contribution in [0.4, 0.5) is 0 Å². The summed E-state index contributed by atoms with van der Waals surface area (Å²) < 4.78 is 4.90. The van der Waals surface area contributed by atoms with Gasteiger partial charge in [-0.3, -0.25) is 14.4 Å². The molecule has 0 aromatic heterocycles. The third-order valence-corrected chi connectivity index (χ3v) is 4.73. The molecule has 1 atom stereocenters. The van der Waals surface area contributed by atoms with Gasteiger partial charge in [-0.15, -0.1) is 11.8 Å². The van der Waals surface area contributed by atoms with Gasteiger partial charge in [0.05, 0.1) is 12.4 Å². The molecule has 0 aliphatic heterocycles. The lowest BCUT2D eigenvalue weighted by molar-refractivity contribution is -0.139. The van der Waals surface area contributed by atoms with Gasteiger partial charge in [0.1, 0.15) is 5.70 Å². The normalized spacial score (nSPS) is 13.5. The van der Waals surface area contributed by atoms with Crippen LogP contribution in [0.5, 0.6) is 0 Å². The fraction of sp³-hybridized carbons (Fsp3) is 0.611. The summed E-state index contributed by atoms with van der Waals surface area (Å²) in [6.45, 7) is 7.54. The Morgan fingerprint density at radius 3 is 2.42 bits per heavy atom. The second kappa shape index (κ2) is 12.4. The van der Waals surface area contributed by atoms with Crippen LogP contribution >= 0.6 is 11.8 Å². The van der Waals surface area contributed by atoms with E-state index in [0.29, 0.717) is 18.7 Å². The van der Waals surface area contributed by atoms with Crippen molar-refractivity contribution >= 4 is 29.5 Å². The van der Waals surface area contributed by atoms with Crippen molar-refractivity contribution in [3.8, 4) is 0 Å². The second-order valence-corrected chi connectivity index (χ2v) is 7.19. The van der Waals surface area contributed by atoms with Crippen LogP contribution in [-0.4, -0.2) is 49.1 Å². The molecule has 1 unspecified atom stereocenters. The molecule has 0 aromatic rings. The van der Waals surface area contributed by atoms with Crippen molar-refractivity contribution in [3.63, 3.8) is 0 Å². The Balaban J connectivity index is 4.93. The Bertz CT molecular complexity index is 573. The summed E-state index contributed by atoms with van der Waals surface area (Å²) in [5.41, 5.74) is 6.49. The SMILES string of the molecule is CCOC(=O)CS/C(C)=C\CC(C)C/C(=C(\N)C(=O)NC)N(C)C(C)=O. The maximum atomic E-state index is 11.8. The number of thioether (sulfide) groups is 1. The van der Waals surface area contributed by atoms with Crippen LogP contribution in [0.15, 0.2) is 22.4 Å². The lowest BCUT2D eigenvalue weighted by Crippen LogP contribution is -2.33. The summed E-state index contributed by atoms with van der Waals surface area (Å²) in [6, 6.07) is 0. The van der Waals surface area contributed by atoms with E-state index >= 15 is 0 Å². The fourth-order valence-corrected chi connectivity index (χ4v) is 2.74. The maximum Gasteiger partial charge on any atom is 0.316 e. The van der Waals surface area contributed by atoms with E-state index in [0.717, 1.165) is 11.3 Å². The third kappa shape index (κ3) is 8.94. The van der Waals surface area contributed by atoms with Crippen LogP contribution in [0.3, 0.4) is 0 Å². The summed E-state index contributed by atoms with van der Waals surface area (Å²) >= 11 is 1.43. The average molecular weight is 386 g/mol. The molecule has 0 spiro atoms. The predicted molar refractivity (Wildman–Crippen MR) is 105 cm³/mol. The summed E-state index contributed by atoms with van der Waals surface area (Å²) in [5, 5.41) is 2.48.